The summed E-state index contributed by atoms with van der Waals surface area (Å²) in [4.78, 5) is 10.9. The molecule has 0 aliphatic carbocycles. The van der Waals surface area contributed by atoms with Gasteiger partial charge >= 0.3 is 5.97 Å². The summed E-state index contributed by atoms with van der Waals surface area (Å²) in [5.74, 6) is -0.414. The van der Waals surface area contributed by atoms with E-state index >= 15 is 0 Å². The molecule has 0 fully saturated rings. The molecule has 2 rings (SSSR count). The first-order chi connectivity index (χ1) is 7.22. The molecule has 5 nitrogen and oxygen atoms in total. The predicted octanol–water partition coefficient (Wildman–Crippen LogP) is 0.542. The summed E-state index contributed by atoms with van der Waals surface area (Å²) < 4.78 is 10.3. The Morgan fingerprint density at radius 2 is 2.20 bits per heavy atom. The molecule has 0 amide bonds. The van der Waals surface area contributed by atoms with Gasteiger partial charge in [0.25, 0.3) is 0 Å². The summed E-state index contributed by atoms with van der Waals surface area (Å²) in [5.41, 5.74) is 6.03. The van der Waals surface area contributed by atoms with E-state index in [0.29, 0.717) is 17.1 Å². The lowest BCUT2D eigenvalue weighted by molar-refractivity contribution is -0.138. The summed E-state index contributed by atoms with van der Waals surface area (Å²) in [5, 5.41) is 8.92. The third kappa shape index (κ3) is 1.73. The molecular weight excluding hydrogens is 198 g/mol. The van der Waals surface area contributed by atoms with Crippen LogP contribution in [0.25, 0.3) is 0 Å². The Morgan fingerprint density at radius 3 is 2.87 bits per heavy atom. The average molecular weight is 209 g/mol. The van der Waals surface area contributed by atoms with Crippen LogP contribution in [0.5, 0.6) is 11.5 Å². The zero-order valence-corrected chi connectivity index (χ0v) is 7.97. The molecule has 1 aromatic rings. The van der Waals surface area contributed by atoms with E-state index in [-0.39, 0.29) is 13.3 Å². The number of hydrogen-bond acceptors (Lipinski definition) is 4. The number of hydrogen-bond donors (Lipinski definition) is 2. The number of nitrogens with two attached hydrogens (primary N) is 1. The number of rotatable bonds is 3. The molecule has 1 aromatic carbocycles. The summed E-state index contributed by atoms with van der Waals surface area (Å²) >= 11 is 0. The van der Waals surface area contributed by atoms with E-state index in [1.54, 1.807) is 18.2 Å². The van der Waals surface area contributed by atoms with Crippen molar-refractivity contribution in [2.75, 3.05) is 13.3 Å². The summed E-state index contributed by atoms with van der Waals surface area (Å²) in [7, 11) is 0. The molecule has 0 aromatic heterocycles. The van der Waals surface area contributed by atoms with E-state index in [2.05, 4.69) is 0 Å². The first-order valence-electron chi connectivity index (χ1n) is 4.55. The summed E-state index contributed by atoms with van der Waals surface area (Å²) in [6.45, 7) is 0.244. The maximum Gasteiger partial charge on any atom is 0.312 e. The molecule has 0 spiro atoms. The monoisotopic (exact) mass is 209 g/mol. The molecule has 3 N–H and O–H groups in total. The Balaban J connectivity index is 2.32. The van der Waals surface area contributed by atoms with Crippen LogP contribution in [0, 0.1) is 0 Å². The van der Waals surface area contributed by atoms with Crippen LogP contribution < -0.4 is 15.2 Å². The third-order valence-corrected chi connectivity index (χ3v) is 2.33. The van der Waals surface area contributed by atoms with Crippen LogP contribution in [0.2, 0.25) is 0 Å². The second-order valence-corrected chi connectivity index (χ2v) is 3.24. The Labute approximate surface area is 86.4 Å². The molecule has 15 heavy (non-hydrogen) atoms. The molecule has 1 aliphatic heterocycles. The van der Waals surface area contributed by atoms with Gasteiger partial charge in [-0.15, -0.1) is 0 Å². The number of aliphatic carboxylic acids is 1. The highest BCUT2D eigenvalue weighted by Crippen LogP contribution is 2.34. The molecule has 1 atom stereocenters. The zero-order chi connectivity index (χ0) is 10.8. The minimum Gasteiger partial charge on any atom is -0.481 e. The van der Waals surface area contributed by atoms with Crippen LogP contribution in [0.15, 0.2) is 18.2 Å². The molecule has 0 radical (unpaired) electrons. The molecule has 80 valence electrons. The van der Waals surface area contributed by atoms with Crippen molar-refractivity contribution in [2.45, 2.75) is 5.92 Å². The van der Waals surface area contributed by atoms with Crippen molar-refractivity contribution in [3.8, 4) is 11.5 Å². The molecule has 0 saturated heterocycles. The topological polar surface area (TPSA) is 81.8 Å². The van der Waals surface area contributed by atoms with Crippen molar-refractivity contribution >= 4 is 5.97 Å². The summed E-state index contributed by atoms with van der Waals surface area (Å²) in [6, 6.07) is 5.05. The number of carboxylic acids is 1. The van der Waals surface area contributed by atoms with Gasteiger partial charge in [0.15, 0.2) is 11.5 Å². The van der Waals surface area contributed by atoms with Gasteiger partial charge in [0.2, 0.25) is 6.79 Å². The fourth-order valence-electron chi connectivity index (χ4n) is 1.51. The Hall–Kier alpha value is -1.75. The van der Waals surface area contributed by atoms with E-state index in [9.17, 15) is 4.79 Å². The van der Waals surface area contributed by atoms with Gasteiger partial charge < -0.3 is 20.3 Å². The maximum atomic E-state index is 10.9. The van der Waals surface area contributed by atoms with E-state index in [1.807, 2.05) is 0 Å². The highest BCUT2D eigenvalue weighted by Gasteiger charge is 2.21. The maximum absolute atomic E-state index is 10.9. The summed E-state index contributed by atoms with van der Waals surface area (Å²) in [6.07, 6.45) is 0. The van der Waals surface area contributed by atoms with Crippen molar-refractivity contribution < 1.29 is 19.4 Å². The largest absolute Gasteiger partial charge is 0.481 e. The second-order valence-electron chi connectivity index (χ2n) is 3.24. The van der Waals surface area contributed by atoms with Crippen molar-refractivity contribution in [3.63, 3.8) is 0 Å². The van der Waals surface area contributed by atoms with Crippen LogP contribution in [0.3, 0.4) is 0 Å². The zero-order valence-electron chi connectivity index (χ0n) is 7.97. The van der Waals surface area contributed by atoms with Crippen LogP contribution in [-0.4, -0.2) is 24.4 Å². The van der Waals surface area contributed by atoms with Gasteiger partial charge in [0.05, 0.1) is 5.92 Å². The quantitative estimate of drug-likeness (QED) is 0.759. The fraction of sp³-hybridized carbons (Fsp3) is 0.300. The SMILES string of the molecule is NC[C@H](C(=O)O)c1ccc2c(c1)OCO2. The second kappa shape index (κ2) is 3.78. The lowest BCUT2D eigenvalue weighted by Crippen LogP contribution is -2.20. The first-order valence-corrected chi connectivity index (χ1v) is 4.55. The van der Waals surface area contributed by atoms with E-state index < -0.39 is 11.9 Å². The van der Waals surface area contributed by atoms with Gasteiger partial charge in [-0.2, -0.15) is 0 Å². The number of fused-ring (bicyclic) bond motifs is 1. The van der Waals surface area contributed by atoms with E-state index in [1.165, 1.54) is 0 Å². The highest BCUT2D eigenvalue weighted by molar-refractivity contribution is 5.76. The number of carbonyl (C=O) groups is 1. The molecule has 1 aliphatic rings. The van der Waals surface area contributed by atoms with Gasteiger partial charge in [-0.3, -0.25) is 4.79 Å². The average Bonchev–Trinajstić information content (AvgIpc) is 2.65. The molecule has 1 heterocycles. The van der Waals surface area contributed by atoms with Crippen molar-refractivity contribution in [3.05, 3.63) is 23.8 Å². The van der Waals surface area contributed by atoms with Gasteiger partial charge in [-0.1, -0.05) is 6.07 Å². The van der Waals surface area contributed by atoms with Crippen LogP contribution in [0.1, 0.15) is 11.5 Å². The smallest absolute Gasteiger partial charge is 0.312 e. The van der Waals surface area contributed by atoms with Crippen LogP contribution in [-0.2, 0) is 4.79 Å². The highest BCUT2D eigenvalue weighted by atomic mass is 16.7. The Kier molecular flexibility index (Phi) is 2.47. The minimum atomic E-state index is -0.934. The van der Waals surface area contributed by atoms with Crippen LogP contribution >= 0.6 is 0 Å². The number of benzene rings is 1. The lowest BCUT2D eigenvalue weighted by Gasteiger charge is -2.10. The minimum absolute atomic E-state index is 0.0645. The fourth-order valence-corrected chi connectivity index (χ4v) is 1.51. The van der Waals surface area contributed by atoms with Crippen molar-refractivity contribution in [1.29, 1.82) is 0 Å². The lowest BCUT2D eigenvalue weighted by atomic mass is 9.99. The third-order valence-electron chi connectivity index (χ3n) is 2.33. The Morgan fingerprint density at radius 1 is 1.47 bits per heavy atom. The van der Waals surface area contributed by atoms with Gasteiger partial charge in [0.1, 0.15) is 0 Å². The molecular formula is C10H11NO4. The molecule has 0 unspecified atom stereocenters. The number of carboxylic acid groups (broad SMARTS) is 1. The van der Waals surface area contributed by atoms with Crippen molar-refractivity contribution in [2.24, 2.45) is 5.73 Å². The van der Waals surface area contributed by atoms with Crippen molar-refractivity contribution in [1.82, 2.24) is 0 Å². The van der Waals surface area contributed by atoms with E-state index in [0.717, 1.165) is 0 Å². The molecule has 0 saturated carbocycles. The first kappa shape index (κ1) is 9.79. The normalized spacial score (nSPS) is 15.0. The van der Waals surface area contributed by atoms with Gasteiger partial charge in [-0.05, 0) is 17.7 Å². The number of ether oxygens (including phenoxy) is 2. The van der Waals surface area contributed by atoms with Gasteiger partial charge in [0, 0.05) is 6.54 Å². The van der Waals surface area contributed by atoms with Crippen LogP contribution in [0.4, 0.5) is 0 Å². The predicted molar refractivity (Wildman–Crippen MR) is 52.0 cm³/mol. The molecule has 5 heteroatoms. The Bertz CT molecular complexity index is 391. The van der Waals surface area contributed by atoms with E-state index in [4.69, 9.17) is 20.3 Å². The molecule has 0 bridgehead atoms. The standard InChI is InChI=1S/C10H11NO4/c11-4-7(10(12)13)6-1-2-8-9(3-6)15-5-14-8/h1-3,7H,4-5,11H2,(H,12,13)/t7-/m0/s1. The van der Waals surface area contributed by atoms with Gasteiger partial charge in [-0.25, -0.2) is 0 Å².